The van der Waals surface area contributed by atoms with E-state index in [9.17, 15) is 4.39 Å². The summed E-state index contributed by atoms with van der Waals surface area (Å²) in [5, 5.41) is 4.13. The Morgan fingerprint density at radius 2 is 2.27 bits per heavy atom. The molecule has 0 saturated carbocycles. The Morgan fingerprint density at radius 3 is 2.87 bits per heavy atom. The number of nitrogen functional groups attached to an aromatic ring is 1. The molecule has 2 N–H and O–H groups in total. The van der Waals surface area contributed by atoms with Gasteiger partial charge >= 0.3 is 0 Å². The van der Waals surface area contributed by atoms with E-state index in [1.165, 1.54) is 12.1 Å². The maximum atomic E-state index is 12.8. The first kappa shape index (κ1) is 10.4. The molecule has 0 aliphatic heterocycles. The summed E-state index contributed by atoms with van der Waals surface area (Å²) in [4.78, 5) is 0. The minimum Gasteiger partial charge on any atom is -0.398 e. The van der Waals surface area contributed by atoms with Crippen LogP contribution in [0.5, 0.6) is 0 Å². The van der Waals surface area contributed by atoms with E-state index in [-0.39, 0.29) is 5.82 Å². The molecule has 0 aliphatic rings. The summed E-state index contributed by atoms with van der Waals surface area (Å²) >= 11 is 2.18. The van der Waals surface area contributed by atoms with Gasteiger partial charge in [-0.15, -0.1) is 0 Å². The van der Waals surface area contributed by atoms with Crippen LogP contribution in [0.25, 0.3) is 0 Å². The van der Waals surface area contributed by atoms with Gasteiger partial charge in [-0.05, 0) is 40.3 Å². The molecule has 0 spiro atoms. The minimum absolute atomic E-state index is 0.314. The van der Waals surface area contributed by atoms with Crippen LogP contribution < -0.4 is 5.73 Å². The standard InChI is InChI=1S/C10H9FIN3/c11-8-2-1-7(10(13)3-8)5-15-6-9(12)4-14-15/h1-4,6H,5,13H2. The van der Waals surface area contributed by atoms with Crippen molar-refractivity contribution in [2.45, 2.75) is 6.54 Å². The maximum absolute atomic E-state index is 12.8. The smallest absolute Gasteiger partial charge is 0.125 e. The third-order valence-corrected chi connectivity index (χ3v) is 2.60. The first-order valence-corrected chi connectivity index (χ1v) is 5.45. The Balaban J connectivity index is 2.24. The molecule has 5 heteroatoms. The number of nitrogens with zero attached hydrogens (tertiary/aromatic N) is 2. The number of halogens is 2. The van der Waals surface area contributed by atoms with Crippen molar-refractivity contribution in [1.29, 1.82) is 0 Å². The SMILES string of the molecule is Nc1cc(F)ccc1Cn1cc(I)cn1. The molecule has 0 atom stereocenters. The normalized spacial score (nSPS) is 10.5. The second-order valence-electron chi connectivity index (χ2n) is 3.20. The van der Waals surface area contributed by atoms with Crippen LogP contribution in [0.1, 0.15) is 5.56 Å². The molecule has 1 aromatic heterocycles. The van der Waals surface area contributed by atoms with Crippen LogP contribution in [0.15, 0.2) is 30.6 Å². The monoisotopic (exact) mass is 317 g/mol. The van der Waals surface area contributed by atoms with Crippen molar-refractivity contribution in [2.75, 3.05) is 5.73 Å². The Hall–Kier alpha value is -1.11. The Kier molecular flexibility index (Phi) is 2.90. The zero-order valence-corrected chi connectivity index (χ0v) is 9.98. The van der Waals surface area contributed by atoms with Gasteiger partial charge in [0.2, 0.25) is 0 Å². The molecule has 2 rings (SSSR count). The molecule has 2 aromatic rings. The lowest BCUT2D eigenvalue weighted by atomic mass is 10.2. The zero-order valence-electron chi connectivity index (χ0n) is 7.82. The Bertz CT molecular complexity index is 481. The topological polar surface area (TPSA) is 43.8 Å². The lowest BCUT2D eigenvalue weighted by molar-refractivity contribution is 0.625. The van der Waals surface area contributed by atoms with E-state index in [1.807, 2.05) is 6.20 Å². The van der Waals surface area contributed by atoms with Gasteiger partial charge in [0.15, 0.2) is 0 Å². The van der Waals surface area contributed by atoms with Gasteiger partial charge in [0.25, 0.3) is 0 Å². The predicted octanol–water partition coefficient (Wildman–Crippen LogP) is 2.26. The molecule has 0 aliphatic carbocycles. The second kappa shape index (κ2) is 4.18. The molecular formula is C10H9FIN3. The highest BCUT2D eigenvalue weighted by Crippen LogP contribution is 2.15. The van der Waals surface area contributed by atoms with Gasteiger partial charge < -0.3 is 5.73 Å². The van der Waals surface area contributed by atoms with Crippen LogP contribution in [-0.4, -0.2) is 9.78 Å². The number of aromatic nitrogens is 2. The number of benzene rings is 1. The first-order chi connectivity index (χ1) is 7.15. The molecule has 0 unspecified atom stereocenters. The van der Waals surface area contributed by atoms with Crippen molar-refractivity contribution in [1.82, 2.24) is 9.78 Å². The van der Waals surface area contributed by atoms with Gasteiger partial charge in [-0.1, -0.05) is 6.07 Å². The average Bonchev–Trinajstić information content (AvgIpc) is 2.56. The van der Waals surface area contributed by atoms with Gasteiger partial charge in [0.05, 0.1) is 16.3 Å². The zero-order chi connectivity index (χ0) is 10.8. The van der Waals surface area contributed by atoms with Gasteiger partial charge in [0, 0.05) is 11.9 Å². The maximum Gasteiger partial charge on any atom is 0.125 e. The van der Waals surface area contributed by atoms with Crippen LogP contribution >= 0.6 is 22.6 Å². The Morgan fingerprint density at radius 1 is 1.47 bits per heavy atom. The molecule has 0 saturated heterocycles. The highest BCUT2D eigenvalue weighted by atomic mass is 127. The molecule has 0 amide bonds. The number of rotatable bonds is 2. The van der Waals surface area contributed by atoms with E-state index in [0.29, 0.717) is 12.2 Å². The van der Waals surface area contributed by atoms with E-state index in [2.05, 4.69) is 27.7 Å². The van der Waals surface area contributed by atoms with E-state index in [1.54, 1.807) is 16.9 Å². The summed E-state index contributed by atoms with van der Waals surface area (Å²) in [6.07, 6.45) is 3.67. The fourth-order valence-electron chi connectivity index (χ4n) is 1.31. The van der Waals surface area contributed by atoms with Crippen LogP contribution in [0, 0.1) is 9.39 Å². The third kappa shape index (κ3) is 2.47. The van der Waals surface area contributed by atoms with E-state index in [0.717, 1.165) is 9.13 Å². The highest BCUT2D eigenvalue weighted by Gasteiger charge is 2.02. The summed E-state index contributed by atoms with van der Waals surface area (Å²) < 4.78 is 15.6. The number of anilines is 1. The summed E-state index contributed by atoms with van der Waals surface area (Å²) in [5.74, 6) is -0.314. The number of hydrogen-bond acceptors (Lipinski definition) is 2. The largest absolute Gasteiger partial charge is 0.398 e. The minimum atomic E-state index is -0.314. The van der Waals surface area contributed by atoms with Gasteiger partial charge in [0.1, 0.15) is 5.82 Å². The Labute approximate surface area is 100 Å². The van der Waals surface area contributed by atoms with Crippen molar-refractivity contribution >= 4 is 28.3 Å². The predicted molar refractivity (Wildman–Crippen MR) is 64.9 cm³/mol. The van der Waals surface area contributed by atoms with Crippen molar-refractivity contribution in [2.24, 2.45) is 0 Å². The van der Waals surface area contributed by atoms with Crippen LogP contribution in [0.3, 0.4) is 0 Å². The third-order valence-electron chi connectivity index (χ3n) is 2.04. The summed E-state index contributed by atoms with van der Waals surface area (Å²) in [5.41, 5.74) is 7.02. The fraction of sp³-hybridized carbons (Fsp3) is 0.100. The summed E-state index contributed by atoms with van der Waals surface area (Å²) in [6, 6.07) is 4.41. The molecule has 1 aromatic carbocycles. The van der Waals surface area contributed by atoms with Gasteiger partial charge in [-0.2, -0.15) is 5.10 Å². The first-order valence-electron chi connectivity index (χ1n) is 4.37. The van der Waals surface area contributed by atoms with Crippen molar-refractivity contribution in [3.8, 4) is 0 Å². The highest BCUT2D eigenvalue weighted by molar-refractivity contribution is 14.1. The average molecular weight is 317 g/mol. The molecule has 0 bridgehead atoms. The van der Waals surface area contributed by atoms with E-state index in [4.69, 9.17) is 5.73 Å². The number of nitrogens with two attached hydrogens (primary N) is 1. The molecular weight excluding hydrogens is 308 g/mol. The van der Waals surface area contributed by atoms with E-state index < -0.39 is 0 Å². The quantitative estimate of drug-likeness (QED) is 0.682. The molecule has 3 nitrogen and oxygen atoms in total. The van der Waals surface area contributed by atoms with Gasteiger partial charge in [-0.25, -0.2) is 4.39 Å². The van der Waals surface area contributed by atoms with Crippen molar-refractivity contribution < 1.29 is 4.39 Å². The molecule has 0 fully saturated rings. The van der Waals surface area contributed by atoms with Crippen LogP contribution in [-0.2, 0) is 6.54 Å². The van der Waals surface area contributed by atoms with E-state index >= 15 is 0 Å². The molecule has 0 radical (unpaired) electrons. The summed E-state index contributed by atoms with van der Waals surface area (Å²) in [7, 11) is 0. The second-order valence-corrected chi connectivity index (χ2v) is 4.44. The lowest BCUT2D eigenvalue weighted by Crippen LogP contribution is -2.03. The number of hydrogen-bond donors (Lipinski definition) is 1. The van der Waals surface area contributed by atoms with Crippen molar-refractivity contribution in [3.05, 3.63) is 45.5 Å². The summed E-state index contributed by atoms with van der Waals surface area (Å²) in [6.45, 7) is 0.565. The van der Waals surface area contributed by atoms with Gasteiger partial charge in [-0.3, -0.25) is 4.68 Å². The molecule has 15 heavy (non-hydrogen) atoms. The van der Waals surface area contributed by atoms with Crippen molar-refractivity contribution in [3.63, 3.8) is 0 Å². The molecule has 78 valence electrons. The fourth-order valence-corrected chi connectivity index (χ4v) is 1.76. The van der Waals surface area contributed by atoms with Crippen LogP contribution in [0.2, 0.25) is 0 Å². The van der Waals surface area contributed by atoms with Crippen LogP contribution in [0.4, 0.5) is 10.1 Å². The molecule has 1 heterocycles. The lowest BCUT2D eigenvalue weighted by Gasteiger charge is -2.05.